The van der Waals surface area contributed by atoms with Crippen molar-refractivity contribution in [3.63, 3.8) is 0 Å². The van der Waals surface area contributed by atoms with Crippen LogP contribution in [0, 0.1) is 28.6 Å². The number of fused-ring (bicyclic) bond motifs is 3. The summed E-state index contributed by atoms with van der Waals surface area (Å²) in [5, 5.41) is 32.0. The minimum absolute atomic E-state index is 0.232. The number of carboxylic acid groups (broad SMARTS) is 1. The van der Waals surface area contributed by atoms with Crippen LogP contribution in [0.3, 0.4) is 0 Å². The van der Waals surface area contributed by atoms with E-state index in [1.165, 1.54) is 12.5 Å². The molecule has 3 saturated carbocycles. The Morgan fingerprint density at radius 2 is 1.92 bits per heavy atom. The van der Waals surface area contributed by atoms with Crippen LogP contribution in [0.5, 0.6) is 0 Å². The van der Waals surface area contributed by atoms with Crippen LogP contribution in [-0.2, 0) is 4.79 Å². The zero-order chi connectivity index (χ0) is 17.9. The maximum atomic E-state index is 12.1. The first-order valence-electron chi connectivity index (χ1n) is 9.07. The zero-order valence-electron chi connectivity index (χ0n) is 14.8. The van der Waals surface area contributed by atoms with Gasteiger partial charge in [-0.2, -0.15) is 0 Å². The fourth-order valence-corrected chi connectivity index (χ4v) is 6.32. The topological polar surface area (TPSA) is 77.8 Å². The second-order valence-electron chi connectivity index (χ2n) is 8.61. The lowest BCUT2D eigenvalue weighted by molar-refractivity contribution is -0.273. The van der Waals surface area contributed by atoms with Crippen molar-refractivity contribution in [3.8, 4) is 0 Å². The van der Waals surface area contributed by atoms with Gasteiger partial charge in [0.2, 0.25) is 0 Å². The molecule has 0 amide bonds. The van der Waals surface area contributed by atoms with Gasteiger partial charge in [0.15, 0.2) is 0 Å². The second-order valence-corrected chi connectivity index (χ2v) is 8.61. The van der Waals surface area contributed by atoms with Gasteiger partial charge >= 0.3 is 5.97 Å². The summed E-state index contributed by atoms with van der Waals surface area (Å²) in [7, 11) is 0. The summed E-state index contributed by atoms with van der Waals surface area (Å²) in [6.45, 7) is 11.8. The van der Waals surface area contributed by atoms with Crippen LogP contribution in [-0.4, -0.2) is 33.0 Å². The first-order valence-corrected chi connectivity index (χ1v) is 9.07. The number of carbonyl (C=O) groups is 1. The third-order valence-corrected chi connectivity index (χ3v) is 7.99. The van der Waals surface area contributed by atoms with E-state index in [9.17, 15) is 20.1 Å². The van der Waals surface area contributed by atoms with E-state index in [0.717, 1.165) is 19.3 Å². The fourth-order valence-electron chi connectivity index (χ4n) is 6.32. The molecule has 3 aliphatic carbocycles. The molecule has 4 heteroatoms. The van der Waals surface area contributed by atoms with Crippen molar-refractivity contribution in [2.75, 3.05) is 0 Å². The van der Waals surface area contributed by atoms with Crippen molar-refractivity contribution in [1.29, 1.82) is 0 Å². The van der Waals surface area contributed by atoms with Crippen LogP contribution in [0.15, 0.2) is 24.8 Å². The first-order chi connectivity index (χ1) is 11.1. The molecule has 0 bridgehead atoms. The molecule has 0 unspecified atom stereocenters. The highest BCUT2D eigenvalue weighted by Gasteiger charge is 2.71. The fraction of sp³-hybridized carbons (Fsp3) is 0.750. The van der Waals surface area contributed by atoms with Gasteiger partial charge in [-0.3, -0.25) is 4.79 Å². The summed E-state index contributed by atoms with van der Waals surface area (Å²) in [5.41, 5.74) is -2.22. The quantitative estimate of drug-likeness (QED) is 0.678. The maximum absolute atomic E-state index is 12.1. The Bertz CT molecular complexity index is 584. The van der Waals surface area contributed by atoms with Gasteiger partial charge < -0.3 is 15.3 Å². The first kappa shape index (κ1) is 17.7. The molecule has 0 radical (unpaired) electrons. The molecule has 3 N–H and O–H groups in total. The van der Waals surface area contributed by atoms with Crippen molar-refractivity contribution in [2.24, 2.45) is 28.6 Å². The van der Waals surface area contributed by atoms with E-state index in [1.807, 2.05) is 13.0 Å². The minimum atomic E-state index is -1.52. The Hall–Kier alpha value is -1.13. The van der Waals surface area contributed by atoms with Gasteiger partial charge in [0.25, 0.3) is 0 Å². The molecule has 3 aliphatic rings. The summed E-state index contributed by atoms with van der Waals surface area (Å²) in [6.07, 6.45) is 5.02. The summed E-state index contributed by atoms with van der Waals surface area (Å²) >= 11 is 0. The summed E-state index contributed by atoms with van der Waals surface area (Å²) in [4.78, 5) is 12.1. The third-order valence-electron chi connectivity index (χ3n) is 7.99. The molecule has 0 saturated heterocycles. The maximum Gasteiger partial charge on any atom is 0.314 e. The summed E-state index contributed by atoms with van der Waals surface area (Å²) in [5.74, 6) is -0.256. The third kappa shape index (κ3) is 1.90. The molecule has 3 rings (SSSR count). The van der Waals surface area contributed by atoms with E-state index < -0.39 is 28.5 Å². The molecule has 0 heterocycles. The summed E-state index contributed by atoms with van der Waals surface area (Å²) in [6, 6.07) is 0. The minimum Gasteiger partial charge on any atom is -0.481 e. The molecule has 24 heavy (non-hydrogen) atoms. The van der Waals surface area contributed by atoms with Crippen LogP contribution >= 0.6 is 0 Å². The van der Waals surface area contributed by atoms with Gasteiger partial charge in [-0.15, -0.1) is 6.58 Å². The van der Waals surface area contributed by atoms with Gasteiger partial charge in [-0.05, 0) is 57.3 Å². The molecule has 3 fully saturated rings. The molecule has 7 atom stereocenters. The van der Waals surface area contributed by atoms with Gasteiger partial charge in [0.05, 0.1) is 11.7 Å². The van der Waals surface area contributed by atoms with Crippen molar-refractivity contribution in [3.05, 3.63) is 24.8 Å². The van der Waals surface area contributed by atoms with E-state index in [0.29, 0.717) is 25.2 Å². The molecule has 0 aliphatic heterocycles. The molecular weight excluding hydrogens is 304 g/mol. The molecule has 4 nitrogen and oxygen atoms in total. The molecular formula is C20H30O4. The molecule has 0 spiro atoms. The standard InChI is InChI=1S/C20H30O4/c1-5-13-12(2)6-7-15-14(13)8-11-20(24)18(15,3)10-9-16(21)19(20,4)17(22)23/h5,13-16,21,24H,1-2,6-11H2,3-4H3,(H,22,23)/t13-,14-,15-,16+,18+,19+,20-/m0/s1. The number of allylic oxidation sites excluding steroid dienone is 2. The summed E-state index contributed by atoms with van der Waals surface area (Å²) < 4.78 is 0. The highest BCUT2D eigenvalue weighted by molar-refractivity contribution is 5.77. The average Bonchev–Trinajstić information content (AvgIpc) is 2.54. The predicted molar refractivity (Wildman–Crippen MR) is 92.3 cm³/mol. The number of hydrogen-bond donors (Lipinski definition) is 3. The van der Waals surface area contributed by atoms with Crippen LogP contribution < -0.4 is 0 Å². The molecule has 0 aromatic heterocycles. The normalized spacial score (nSPS) is 51.4. The Morgan fingerprint density at radius 3 is 2.50 bits per heavy atom. The van der Waals surface area contributed by atoms with Crippen LogP contribution in [0.2, 0.25) is 0 Å². The van der Waals surface area contributed by atoms with Crippen molar-refractivity contribution < 1.29 is 20.1 Å². The smallest absolute Gasteiger partial charge is 0.314 e. The van der Waals surface area contributed by atoms with Crippen LogP contribution in [0.25, 0.3) is 0 Å². The van der Waals surface area contributed by atoms with E-state index >= 15 is 0 Å². The van der Waals surface area contributed by atoms with Gasteiger partial charge in [-0.1, -0.05) is 25.2 Å². The Morgan fingerprint density at radius 1 is 1.25 bits per heavy atom. The van der Waals surface area contributed by atoms with Crippen molar-refractivity contribution in [2.45, 2.75) is 64.1 Å². The van der Waals surface area contributed by atoms with E-state index in [4.69, 9.17) is 0 Å². The van der Waals surface area contributed by atoms with E-state index in [1.54, 1.807) is 0 Å². The predicted octanol–water partition coefficient (Wildman–Crippen LogP) is 3.15. The number of carboxylic acids is 1. The molecule has 0 aromatic rings. The number of aliphatic carboxylic acids is 1. The van der Waals surface area contributed by atoms with E-state index in [2.05, 4.69) is 13.2 Å². The molecule has 0 aromatic carbocycles. The van der Waals surface area contributed by atoms with E-state index in [-0.39, 0.29) is 11.8 Å². The van der Waals surface area contributed by atoms with Crippen LogP contribution in [0.4, 0.5) is 0 Å². The molecule has 134 valence electrons. The SMILES string of the molecule is C=C[C@H]1C(=C)CC[C@H]2[C@H]1CC[C@@]1(O)[C@@](C)(C(=O)O)[C@H](O)CC[C@]21C. The lowest BCUT2D eigenvalue weighted by Crippen LogP contribution is -2.72. The average molecular weight is 334 g/mol. The number of rotatable bonds is 2. The Balaban J connectivity index is 2.08. The Kier molecular flexibility index (Phi) is 4.00. The van der Waals surface area contributed by atoms with Gasteiger partial charge in [-0.25, -0.2) is 0 Å². The largest absolute Gasteiger partial charge is 0.481 e. The number of aliphatic hydroxyl groups is 2. The Labute approximate surface area is 144 Å². The second kappa shape index (κ2) is 5.43. The number of aliphatic hydroxyl groups excluding tert-OH is 1. The van der Waals surface area contributed by atoms with Gasteiger partial charge in [0.1, 0.15) is 5.41 Å². The van der Waals surface area contributed by atoms with Crippen molar-refractivity contribution in [1.82, 2.24) is 0 Å². The van der Waals surface area contributed by atoms with Crippen LogP contribution in [0.1, 0.15) is 52.4 Å². The highest BCUT2D eigenvalue weighted by Crippen LogP contribution is 2.67. The highest BCUT2D eigenvalue weighted by atomic mass is 16.4. The lowest BCUT2D eigenvalue weighted by atomic mass is 9.40. The van der Waals surface area contributed by atoms with Crippen molar-refractivity contribution >= 4 is 5.97 Å². The number of hydrogen-bond acceptors (Lipinski definition) is 3. The zero-order valence-corrected chi connectivity index (χ0v) is 14.8. The lowest BCUT2D eigenvalue weighted by Gasteiger charge is -2.66. The monoisotopic (exact) mass is 334 g/mol. The van der Waals surface area contributed by atoms with Gasteiger partial charge in [0, 0.05) is 11.3 Å².